The summed E-state index contributed by atoms with van der Waals surface area (Å²) in [5.41, 5.74) is -1.47. The molecule has 12 nitrogen and oxygen atoms in total. The molecule has 1 aromatic carbocycles. The van der Waals surface area contributed by atoms with Gasteiger partial charge in [0.2, 0.25) is 5.67 Å². The lowest BCUT2D eigenvalue weighted by Gasteiger charge is -2.24. The summed E-state index contributed by atoms with van der Waals surface area (Å²) in [4.78, 5) is 34.6. The van der Waals surface area contributed by atoms with Crippen molar-refractivity contribution in [2.75, 3.05) is 19.0 Å². The largest absolute Gasteiger partial charge is 0.405 e. The Morgan fingerprint density at radius 3 is 2.78 bits per heavy atom. The van der Waals surface area contributed by atoms with Crippen molar-refractivity contribution < 1.29 is 32.6 Å². The Hall–Kier alpha value is -2.89. The fraction of sp³-hybridized carbons (Fsp3) is 0.462. The number of carbonyl (C=O) groups excluding carboxylic acids is 1. The van der Waals surface area contributed by atoms with Crippen LogP contribution >= 0.6 is 19.5 Å². The number of aliphatic hydroxyl groups excluding tert-OH is 1. The minimum Gasteiger partial charge on any atom is -0.386 e. The van der Waals surface area contributed by atoms with Crippen LogP contribution in [0, 0.1) is 19.3 Å². The number of imidazole rings is 1. The van der Waals surface area contributed by atoms with Crippen LogP contribution in [0.5, 0.6) is 0 Å². The number of rotatable bonds is 12. The van der Waals surface area contributed by atoms with E-state index in [0.29, 0.717) is 12.2 Å². The lowest BCUT2D eigenvalue weighted by molar-refractivity contribution is -0.109. The van der Waals surface area contributed by atoms with Crippen molar-refractivity contribution in [3.8, 4) is 12.3 Å². The maximum Gasteiger partial charge on any atom is 0.405 e. The standard InChI is InChI=1S/C26H31FN5O7PS/c1-5-20-30-23-21(24(35)31-20)28-15-32(23)25-26(27,6-2)22(34)19(39-25)14-38-40(36,37-11-12-41-17(4)33)29-13-18-9-7-16(3)8-10-18/h2,7-10,15,19,22,25,34H,5,11-14H2,1,3-4H3,(H,29,36)(H,30,31,35)/t19-,22-,25-,26-,40?/m1/s1. The molecule has 220 valence electrons. The number of hydrogen-bond donors (Lipinski definition) is 3. The number of nitrogens with zero attached hydrogens (tertiary/aromatic N) is 3. The molecular formula is C26H31FN5O7PS. The molecule has 2 aromatic heterocycles. The molecule has 0 saturated carbocycles. The number of aromatic amines is 1. The van der Waals surface area contributed by atoms with Crippen LogP contribution in [0.25, 0.3) is 11.2 Å². The van der Waals surface area contributed by atoms with Crippen LogP contribution < -0.4 is 10.6 Å². The fourth-order valence-corrected chi connectivity index (χ4v) is 6.04. The smallest absolute Gasteiger partial charge is 0.386 e. The number of benzene rings is 1. The normalized spacial score (nSPS) is 23.9. The molecule has 0 radical (unpaired) electrons. The van der Waals surface area contributed by atoms with E-state index in [1.807, 2.05) is 37.1 Å². The quantitative estimate of drug-likeness (QED) is 0.158. The predicted molar refractivity (Wildman–Crippen MR) is 151 cm³/mol. The first-order chi connectivity index (χ1) is 19.5. The lowest BCUT2D eigenvalue weighted by Crippen LogP contribution is -2.42. The van der Waals surface area contributed by atoms with Crippen molar-refractivity contribution in [1.82, 2.24) is 24.6 Å². The Morgan fingerprint density at radius 2 is 2.12 bits per heavy atom. The Labute approximate surface area is 240 Å². The summed E-state index contributed by atoms with van der Waals surface area (Å²) < 4.78 is 47.7. The van der Waals surface area contributed by atoms with E-state index in [1.54, 1.807) is 6.92 Å². The maximum atomic E-state index is 16.1. The van der Waals surface area contributed by atoms with Gasteiger partial charge in [0.05, 0.1) is 19.5 Å². The summed E-state index contributed by atoms with van der Waals surface area (Å²) in [6.07, 6.45) is 2.16. The number of aryl methyl sites for hydroxylation is 2. The number of aliphatic hydroxyl groups is 1. The number of halogens is 1. The van der Waals surface area contributed by atoms with Crippen molar-refractivity contribution >= 4 is 35.8 Å². The highest BCUT2D eigenvalue weighted by Gasteiger charge is 2.58. The van der Waals surface area contributed by atoms with Crippen LogP contribution in [0.4, 0.5) is 4.39 Å². The topological polar surface area (TPSA) is 158 Å². The lowest BCUT2D eigenvalue weighted by atomic mass is 9.97. The van der Waals surface area contributed by atoms with E-state index in [4.69, 9.17) is 20.2 Å². The minimum absolute atomic E-state index is 0.0263. The zero-order valence-electron chi connectivity index (χ0n) is 22.7. The second kappa shape index (κ2) is 13.0. The molecule has 1 saturated heterocycles. The van der Waals surface area contributed by atoms with E-state index < -0.39 is 44.0 Å². The molecule has 3 aromatic rings. The van der Waals surface area contributed by atoms with Gasteiger partial charge in [0.1, 0.15) is 18.0 Å². The highest BCUT2D eigenvalue weighted by Crippen LogP contribution is 2.47. The molecule has 0 amide bonds. The number of ether oxygens (including phenoxy) is 1. The Balaban J connectivity index is 1.53. The zero-order valence-corrected chi connectivity index (χ0v) is 24.4. The average molecular weight is 608 g/mol. The van der Waals surface area contributed by atoms with E-state index in [9.17, 15) is 19.3 Å². The molecule has 1 unspecified atom stereocenters. The second-order valence-electron chi connectivity index (χ2n) is 9.36. The Kier molecular flexibility index (Phi) is 9.81. The number of terminal acetylenes is 1. The Morgan fingerprint density at radius 1 is 1.39 bits per heavy atom. The van der Waals surface area contributed by atoms with Crippen LogP contribution in [-0.2, 0) is 36.1 Å². The van der Waals surface area contributed by atoms with E-state index in [0.717, 1.165) is 33.8 Å². The molecule has 1 fully saturated rings. The number of fused-ring (bicyclic) bond motifs is 1. The third-order valence-electron chi connectivity index (χ3n) is 6.39. The van der Waals surface area contributed by atoms with Crippen LogP contribution in [0.3, 0.4) is 0 Å². The number of thioether (sulfide) groups is 1. The third-order valence-corrected chi connectivity index (χ3v) is 8.73. The molecule has 3 heterocycles. The van der Waals surface area contributed by atoms with Gasteiger partial charge in [-0.15, -0.1) is 6.42 Å². The summed E-state index contributed by atoms with van der Waals surface area (Å²) in [6, 6.07) is 7.47. The van der Waals surface area contributed by atoms with Crippen molar-refractivity contribution in [3.05, 3.63) is 57.9 Å². The molecule has 1 aliphatic heterocycles. The summed E-state index contributed by atoms with van der Waals surface area (Å²) in [6.45, 7) is 4.58. The highest BCUT2D eigenvalue weighted by atomic mass is 32.2. The van der Waals surface area contributed by atoms with Crippen LogP contribution in [0.1, 0.15) is 37.0 Å². The molecule has 41 heavy (non-hydrogen) atoms. The number of H-pyrrole nitrogens is 1. The monoisotopic (exact) mass is 607 g/mol. The summed E-state index contributed by atoms with van der Waals surface area (Å²) in [5.74, 6) is 2.52. The maximum absolute atomic E-state index is 16.1. The number of aromatic nitrogens is 4. The third kappa shape index (κ3) is 6.95. The summed E-state index contributed by atoms with van der Waals surface area (Å²) >= 11 is 0.994. The summed E-state index contributed by atoms with van der Waals surface area (Å²) in [7, 11) is -4.04. The number of alkyl halides is 1. The van der Waals surface area contributed by atoms with E-state index >= 15 is 4.39 Å². The van der Waals surface area contributed by atoms with Gasteiger partial charge in [-0.05, 0) is 12.5 Å². The van der Waals surface area contributed by atoms with Gasteiger partial charge in [-0.1, -0.05) is 54.4 Å². The van der Waals surface area contributed by atoms with E-state index in [2.05, 4.69) is 20.0 Å². The molecule has 5 atom stereocenters. The first-order valence-corrected chi connectivity index (χ1v) is 15.3. The number of carbonyl (C=O) groups is 1. The Bertz CT molecular complexity index is 1540. The van der Waals surface area contributed by atoms with Crippen LogP contribution in [-0.4, -0.2) is 66.6 Å². The number of nitrogens with one attached hydrogen (secondary N) is 2. The van der Waals surface area contributed by atoms with Gasteiger partial charge < -0.3 is 14.8 Å². The van der Waals surface area contributed by atoms with Gasteiger partial charge in [0.25, 0.3) is 5.56 Å². The van der Waals surface area contributed by atoms with Gasteiger partial charge in [-0.3, -0.25) is 23.2 Å². The minimum atomic E-state index is -4.04. The molecule has 4 rings (SSSR count). The molecular weight excluding hydrogens is 576 g/mol. The van der Waals surface area contributed by atoms with Crippen molar-refractivity contribution in [1.29, 1.82) is 0 Å². The first kappa shape index (κ1) is 31.1. The molecule has 1 aliphatic rings. The molecule has 0 spiro atoms. The highest BCUT2D eigenvalue weighted by molar-refractivity contribution is 8.13. The van der Waals surface area contributed by atoms with Gasteiger partial charge in [0.15, 0.2) is 22.5 Å². The second-order valence-corrected chi connectivity index (χ2v) is 12.5. The van der Waals surface area contributed by atoms with Gasteiger partial charge in [0, 0.05) is 25.6 Å². The fourth-order valence-electron chi connectivity index (χ4n) is 4.16. The van der Waals surface area contributed by atoms with E-state index in [1.165, 1.54) is 6.92 Å². The van der Waals surface area contributed by atoms with Crippen LogP contribution in [0.15, 0.2) is 35.4 Å². The predicted octanol–water partition coefficient (Wildman–Crippen LogP) is 2.80. The summed E-state index contributed by atoms with van der Waals surface area (Å²) in [5, 5.41) is 13.5. The first-order valence-electron chi connectivity index (χ1n) is 12.8. The average Bonchev–Trinajstić information content (AvgIpc) is 3.48. The molecule has 0 bridgehead atoms. The van der Waals surface area contributed by atoms with Gasteiger partial charge in [-0.25, -0.2) is 24.0 Å². The van der Waals surface area contributed by atoms with Crippen molar-refractivity contribution in [3.63, 3.8) is 0 Å². The van der Waals surface area contributed by atoms with Gasteiger partial charge >= 0.3 is 7.75 Å². The van der Waals surface area contributed by atoms with Gasteiger partial charge in [-0.2, -0.15) is 0 Å². The van der Waals surface area contributed by atoms with Crippen molar-refractivity contribution in [2.45, 2.75) is 57.8 Å². The molecule has 0 aliphatic carbocycles. The molecule has 15 heteroatoms. The van der Waals surface area contributed by atoms with E-state index in [-0.39, 0.29) is 35.2 Å². The van der Waals surface area contributed by atoms with Crippen molar-refractivity contribution in [2.24, 2.45) is 0 Å². The number of hydrogen-bond acceptors (Lipinski definition) is 10. The molecule has 3 N–H and O–H groups in total. The SMILES string of the molecule is C#C[C@@]1(F)[C@H](O)[C@@H](COP(=O)(NCc2ccc(C)cc2)OCCSC(C)=O)O[C@H]1n1cnc2c(=O)[nH]c(CC)nc21. The van der Waals surface area contributed by atoms with Crippen LogP contribution in [0.2, 0.25) is 0 Å². The zero-order chi connectivity index (χ0) is 29.8.